The molecule has 1 aromatic carbocycles. The number of aryl methyl sites for hydroxylation is 1. The molecule has 0 spiro atoms. The van der Waals surface area contributed by atoms with E-state index in [1.54, 1.807) is 19.1 Å². The number of carboxylic acids is 1. The molecule has 6 nitrogen and oxygen atoms in total. The topological polar surface area (TPSA) is 96.4 Å². The van der Waals surface area contributed by atoms with E-state index in [1.807, 2.05) is 0 Å². The Labute approximate surface area is 122 Å². The summed E-state index contributed by atoms with van der Waals surface area (Å²) in [6.45, 7) is 1.80. The lowest BCUT2D eigenvalue weighted by Crippen LogP contribution is -2.16. The van der Waals surface area contributed by atoms with Crippen molar-refractivity contribution in [1.82, 2.24) is 4.98 Å². The van der Waals surface area contributed by atoms with Crippen LogP contribution >= 0.6 is 0 Å². The Balaban J connectivity index is 2.48. The lowest BCUT2D eigenvalue weighted by Gasteiger charge is -2.11. The summed E-state index contributed by atoms with van der Waals surface area (Å²) < 4.78 is 27.2. The molecule has 0 aliphatic rings. The van der Waals surface area contributed by atoms with E-state index in [1.165, 1.54) is 24.4 Å². The molecule has 0 atom stereocenters. The molecule has 0 saturated heterocycles. The predicted molar refractivity (Wildman–Crippen MR) is 77.8 cm³/mol. The van der Waals surface area contributed by atoms with Gasteiger partial charge in [-0.05, 0) is 36.2 Å². The number of hydrogen-bond donors (Lipinski definition) is 2. The van der Waals surface area contributed by atoms with E-state index in [4.69, 9.17) is 5.11 Å². The van der Waals surface area contributed by atoms with E-state index < -0.39 is 16.0 Å². The second kappa shape index (κ2) is 5.92. The molecular formula is C14H14N2O4S. The summed E-state index contributed by atoms with van der Waals surface area (Å²) in [5.74, 6) is -0.993. The zero-order valence-corrected chi connectivity index (χ0v) is 12.1. The smallest absolute Gasteiger partial charge is 0.335 e. The Morgan fingerprint density at radius 2 is 2.05 bits per heavy atom. The predicted octanol–water partition coefficient (Wildman–Crippen LogP) is 2.14. The Kier molecular flexibility index (Phi) is 4.23. The largest absolute Gasteiger partial charge is 0.478 e. The summed E-state index contributed by atoms with van der Waals surface area (Å²) in [4.78, 5) is 14.9. The number of aromatic carboxylic acids is 1. The van der Waals surface area contributed by atoms with Crippen LogP contribution in [-0.4, -0.2) is 24.5 Å². The van der Waals surface area contributed by atoms with Crippen molar-refractivity contribution < 1.29 is 18.3 Å². The molecule has 2 aromatic rings. The Hall–Kier alpha value is -2.41. The highest BCUT2D eigenvalue weighted by Gasteiger charge is 2.20. The average Bonchev–Trinajstić information content (AvgIpc) is 2.47. The van der Waals surface area contributed by atoms with E-state index in [0.29, 0.717) is 12.0 Å². The van der Waals surface area contributed by atoms with Gasteiger partial charge < -0.3 is 5.11 Å². The monoisotopic (exact) mass is 306 g/mol. The number of sulfonamides is 1. The zero-order chi connectivity index (χ0) is 15.5. The molecule has 21 heavy (non-hydrogen) atoms. The molecule has 0 aliphatic heterocycles. The maximum absolute atomic E-state index is 12.4. The van der Waals surface area contributed by atoms with Gasteiger partial charge in [-0.15, -0.1) is 0 Å². The van der Waals surface area contributed by atoms with Crippen LogP contribution in [0.1, 0.15) is 22.8 Å². The Morgan fingerprint density at radius 1 is 1.29 bits per heavy atom. The van der Waals surface area contributed by atoms with Gasteiger partial charge in [0.25, 0.3) is 10.0 Å². The fourth-order valence-electron chi connectivity index (χ4n) is 1.85. The van der Waals surface area contributed by atoms with Crippen molar-refractivity contribution in [2.45, 2.75) is 18.2 Å². The van der Waals surface area contributed by atoms with Crippen molar-refractivity contribution in [3.05, 3.63) is 53.7 Å². The Morgan fingerprint density at radius 3 is 2.62 bits per heavy atom. The van der Waals surface area contributed by atoms with Gasteiger partial charge in [-0.1, -0.05) is 19.1 Å². The number of benzene rings is 1. The van der Waals surface area contributed by atoms with Crippen LogP contribution < -0.4 is 4.72 Å². The number of pyridine rings is 1. The molecule has 0 bridgehead atoms. The van der Waals surface area contributed by atoms with E-state index in [2.05, 4.69) is 9.71 Å². The maximum Gasteiger partial charge on any atom is 0.335 e. The maximum atomic E-state index is 12.4. The van der Waals surface area contributed by atoms with Gasteiger partial charge in [0.15, 0.2) is 0 Å². The van der Waals surface area contributed by atoms with Crippen LogP contribution in [0.15, 0.2) is 47.5 Å². The van der Waals surface area contributed by atoms with Gasteiger partial charge >= 0.3 is 5.97 Å². The highest BCUT2D eigenvalue weighted by atomic mass is 32.2. The number of anilines is 1. The molecular weight excluding hydrogens is 292 g/mol. The van der Waals surface area contributed by atoms with Crippen molar-refractivity contribution in [2.75, 3.05) is 4.72 Å². The van der Waals surface area contributed by atoms with Gasteiger partial charge in [0.2, 0.25) is 0 Å². The molecule has 110 valence electrons. The number of rotatable bonds is 5. The third kappa shape index (κ3) is 3.38. The number of hydrogen-bond acceptors (Lipinski definition) is 4. The van der Waals surface area contributed by atoms with E-state index in [-0.39, 0.29) is 16.3 Å². The first-order valence-corrected chi connectivity index (χ1v) is 7.72. The van der Waals surface area contributed by atoms with Crippen molar-refractivity contribution >= 4 is 21.8 Å². The lowest BCUT2D eigenvalue weighted by molar-refractivity contribution is 0.0696. The van der Waals surface area contributed by atoms with Crippen LogP contribution in [0, 0.1) is 0 Å². The van der Waals surface area contributed by atoms with Crippen molar-refractivity contribution in [1.29, 1.82) is 0 Å². The number of nitrogens with zero attached hydrogens (tertiary/aromatic N) is 1. The van der Waals surface area contributed by atoms with Gasteiger partial charge in [0.05, 0.1) is 10.5 Å². The van der Waals surface area contributed by atoms with E-state index >= 15 is 0 Å². The molecule has 0 amide bonds. The summed E-state index contributed by atoms with van der Waals surface area (Å²) in [6.07, 6.45) is 1.94. The minimum atomic E-state index is -3.89. The highest BCUT2D eigenvalue weighted by molar-refractivity contribution is 7.92. The third-order valence-electron chi connectivity index (χ3n) is 2.89. The zero-order valence-electron chi connectivity index (χ0n) is 11.3. The number of carboxylic acid groups (broad SMARTS) is 1. The summed E-state index contributed by atoms with van der Waals surface area (Å²) in [5.41, 5.74) is 0.469. The second-order valence-corrected chi connectivity index (χ2v) is 5.95. The van der Waals surface area contributed by atoms with Crippen LogP contribution in [0.5, 0.6) is 0 Å². The molecule has 1 heterocycles. The van der Waals surface area contributed by atoms with Gasteiger partial charge in [-0.25, -0.2) is 18.2 Å². The molecule has 0 saturated carbocycles. The van der Waals surface area contributed by atoms with Crippen LogP contribution in [0.2, 0.25) is 0 Å². The molecule has 0 radical (unpaired) electrons. The van der Waals surface area contributed by atoms with Gasteiger partial charge in [-0.3, -0.25) is 4.72 Å². The number of carbonyl (C=O) groups is 1. The summed E-state index contributed by atoms with van der Waals surface area (Å²) in [5, 5.41) is 9.00. The molecule has 2 N–H and O–H groups in total. The standard InChI is InChI=1S/C14H14N2O4S/c1-2-10-6-7-11(14(17)18)9-12(10)21(19,20)16-13-5-3-4-8-15-13/h3-9H,2H2,1H3,(H,15,16)(H,17,18). The van der Waals surface area contributed by atoms with Gasteiger partial charge in [0, 0.05) is 6.20 Å². The normalized spacial score (nSPS) is 11.1. The van der Waals surface area contributed by atoms with Crippen LogP contribution in [0.25, 0.3) is 0 Å². The average molecular weight is 306 g/mol. The van der Waals surface area contributed by atoms with Gasteiger partial charge in [-0.2, -0.15) is 0 Å². The Bertz CT molecular complexity index is 758. The minimum Gasteiger partial charge on any atom is -0.478 e. The first-order chi connectivity index (χ1) is 9.94. The van der Waals surface area contributed by atoms with Crippen LogP contribution in [0.4, 0.5) is 5.82 Å². The summed E-state index contributed by atoms with van der Waals surface area (Å²) in [6, 6.07) is 8.90. The van der Waals surface area contributed by atoms with Crippen LogP contribution in [-0.2, 0) is 16.4 Å². The van der Waals surface area contributed by atoms with Crippen molar-refractivity contribution in [3.63, 3.8) is 0 Å². The van der Waals surface area contributed by atoms with Gasteiger partial charge in [0.1, 0.15) is 5.82 Å². The van der Waals surface area contributed by atoms with Crippen molar-refractivity contribution in [2.24, 2.45) is 0 Å². The molecule has 1 aromatic heterocycles. The molecule has 0 aliphatic carbocycles. The van der Waals surface area contributed by atoms with Crippen LogP contribution in [0.3, 0.4) is 0 Å². The third-order valence-corrected chi connectivity index (χ3v) is 4.33. The summed E-state index contributed by atoms with van der Waals surface area (Å²) in [7, 11) is -3.89. The van der Waals surface area contributed by atoms with E-state index in [9.17, 15) is 13.2 Å². The second-order valence-electron chi connectivity index (χ2n) is 4.30. The van der Waals surface area contributed by atoms with E-state index in [0.717, 1.165) is 6.07 Å². The summed E-state index contributed by atoms with van der Waals surface area (Å²) >= 11 is 0. The number of nitrogens with one attached hydrogen (secondary N) is 1. The first kappa shape index (κ1) is 15.0. The SMILES string of the molecule is CCc1ccc(C(=O)O)cc1S(=O)(=O)Nc1ccccn1. The number of aromatic nitrogens is 1. The fourth-order valence-corrected chi connectivity index (χ4v) is 3.19. The lowest BCUT2D eigenvalue weighted by atomic mass is 10.1. The highest BCUT2D eigenvalue weighted by Crippen LogP contribution is 2.21. The first-order valence-electron chi connectivity index (χ1n) is 6.24. The molecule has 2 rings (SSSR count). The molecule has 0 fully saturated rings. The quantitative estimate of drug-likeness (QED) is 0.882. The fraction of sp³-hybridized carbons (Fsp3) is 0.143. The molecule has 0 unspecified atom stereocenters. The molecule has 7 heteroatoms. The minimum absolute atomic E-state index is 0.0458. The van der Waals surface area contributed by atoms with Crippen molar-refractivity contribution in [3.8, 4) is 0 Å².